The largest absolute Gasteiger partial charge is 0.490 e. The van der Waals surface area contributed by atoms with E-state index in [-0.39, 0.29) is 35.3 Å². The van der Waals surface area contributed by atoms with Crippen molar-refractivity contribution in [3.8, 4) is 17.2 Å². The fourth-order valence-corrected chi connectivity index (χ4v) is 3.81. The molecule has 7 nitrogen and oxygen atoms in total. The lowest BCUT2D eigenvalue weighted by atomic mass is 10.1. The molecule has 2 aromatic rings. The monoisotopic (exact) mass is 494 g/mol. The van der Waals surface area contributed by atoms with Gasteiger partial charge in [0.05, 0.1) is 25.4 Å². The van der Waals surface area contributed by atoms with E-state index in [0.29, 0.717) is 45.0 Å². The number of amides is 2. The highest BCUT2D eigenvalue weighted by Gasteiger charge is 2.33. The molecule has 35 heavy (non-hydrogen) atoms. The molecule has 0 radical (unpaired) electrons. The first-order chi connectivity index (χ1) is 16.7. The predicted octanol–water partition coefficient (Wildman–Crippen LogP) is 5.13. The van der Waals surface area contributed by atoms with Gasteiger partial charge in [0.15, 0.2) is 11.5 Å². The number of nitrogens with zero attached hydrogens (tertiary/aromatic N) is 2. The molecule has 0 unspecified atom stereocenters. The quantitative estimate of drug-likeness (QED) is 0.458. The van der Waals surface area contributed by atoms with E-state index in [1.807, 2.05) is 0 Å². The van der Waals surface area contributed by atoms with Crippen molar-refractivity contribution in [1.82, 2.24) is 4.90 Å². The van der Waals surface area contributed by atoms with E-state index in [2.05, 4.69) is 0 Å². The Kier molecular flexibility index (Phi) is 8.48. The lowest BCUT2D eigenvalue weighted by Gasteiger charge is -2.29. The van der Waals surface area contributed by atoms with Crippen LogP contribution in [0.4, 0.5) is 18.9 Å². The highest BCUT2D eigenvalue weighted by molar-refractivity contribution is 6.07. The first-order valence-corrected chi connectivity index (χ1v) is 11.5. The van der Waals surface area contributed by atoms with Crippen molar-refractivity contribution in [2.24, 2.45) is 0 Å². The molecule has 1 saturated heterocycles. The van der Waals surface area contributed by atoms with E-state index in [0.717, 1.165) is 12.1 Å². The topological polar surface area (TPSA) is 68.3 Å². The highest BCUT2D eigenvalue weighted by atomic mass is 19.4. The average molecular weight is 495 g/mol. The number of anilines is 1. The van der Waals surface area contributed by atoms with Gasteiger partial charge in [0.1, 0.15) is 6.67 Å². The van der Waals surface area contributed by atoms with Crippen LogP contribution in [0.2, 0.25) is 0 Å². The molecule has 2 aromatic carbocycles. The molecule has 3 rings (SSSR count). The van der Waals surface area contributed by atoms with E-state index in [9.17, 15) is 22.8 Å². The molecule has 1 aliphatic rings. The number of ether oxygens (including phenoxy) is 3. The Morgan fingerprint density at radius 1 is 1.00 bits per heavy atom. The van der Waals surface area contributed by atoms with Crippen LogP contribution >= 0.6 is 0 Å². The van der Waals surface area contributed by atoms with Crippen molar-refractivity contribution in [2.75, 3.05) is 37.9 Å². The minimum absolute atomic E-state index is 0.0225. The Morgan fingerprint density at radius 2 is 1.63 bits per heavy atom. The molecule has 10 heteroatoms. The minimum Gasteiger partial charge on any atom is -0.490 e. The van der Waals surface area contributed by atoms with Crippen LogP contribution in [-0.2, 0) is 11.0 Å². The normalized spacial score (nSPS) is 13.7. The summed E-state index contributed by atoms with van der Waals surface area (Å²) in [5, 5.41) is 0. The maximum atomic E-state index is 13.7. The van der Waals surface area contributed by atoms with Crippen molar-refractivity contribution in [2.45, 2.75) is 39.8 Å². The number of hydrogen-bond acceptors (Lipinski definition) is 5. The van der Waals surface area contributed by atoms with Crippen molar-refractivity contribution in [1.29, 1.82) is 0 Å². The molecule has 0 saturated carbocycles. The molecule has 0 bridgehead atoms. The lowest BCUT2D eigenvalue weighted by molar-refractivity contribution is -0.137. The maximum absolute atomic E-state index is 13.7. The van der Waals surface area contributed by atoms with Gasteiger partial charge in [-0.2, -0.15) is 13.2 Å². The van der Waals surface area contributed by atoms with Gasteiger partial charge in [-0.15, -0.1) is 0 Å². The van der Waals surface area contributed by atoms with Gasteiger partial charge in [-0.05, 0) is 57.5 Å². The first-order valence-electron chi connectivity index (χ1n) is 11.5. The van der Waals surface area contributed by atoms with Gasteiger partial charge >= 0.3 is 6.18 Å². The van der Waals surface area contributed by atoms with E-state index in [1.165, 1.54) is 34.1 Å². The van der Waals surface area contributed by atoms with Gasteiger partial charge in [0.2, 0.25) is 11.7 Å². The summed E-state index contributed by atoms with van der Waals surface area (Å²) in [6.07, 6.45) is -3.64. The van der Waals surface area contributed by atoms with Gasteiger partial charge in [-0.1, -0.05) is 6.07 Å². The van der Waals surface area contributed by atoms with Crippen molar-refractivity contribution >= 4 is 17.5 Å². The van der Waals surface area contributed by atoms with E-state index in [1.54, 1.807) is 20.8 Å². The Labute approximate surface area is 202 Å². The lowest BCUT2D eigenvalue weighted by Crippen LogP contribution is -2.42. The van der Waals surface area contributed by atoms with Gasteiger partial charge < -0.3 is 19.1 Å². The molecule has 0 spiro atoms. The Balaban J connectivity index is 2.09. The number of benzene rings is 2. The molecule has 190 valence electrons. The molecular weight excluding hydrogens is 465 g/mol. The zero-order valence-corrected chi connectivity index (χ0v) is 20.0. The third kappa shape index (κ3) is 6.17. The van der Waals surface area contributed by atoms with Crippen LogP contribution in [0.3, 0.4) is 0 Å². The molecule has 1 heterocycles. The standard InChI is InChI=1S/C25H29F3N2O5/c1-4-33-20-13-17(14-21(34-5-2)23(20)35-6-3)24(32)30(16-29-12-8-11-22(29)31)19-10-7-9-18(15-19)25(26,27)28/h7,9-10,13-15H,4-6,8,11-12,16H2,1-3H3. The van der Waals surface area contributed by atoms with E-state index < -0.39 is 17.6 Å². The summed E-state index contributed by atoms with van der Waals surface area (Å²) in [4.78, 5) is 28.6. The SMILES string of the molecule is CCOc1cc(C(=O)N(CN2CCCC2=O)c2cccc(C(F)(F)F)c2)cc(OCC)c1OCC. The summed E-state index contributed by atoms with van der Waals surface area (Å²) in [7, 11) is 0. The smallest absolute Gasteiger partial charge is 0.416 e. The zero-order valence-electron chi connectivity index (χ0n) is 20.0. The molecule has 0 aromatic heterocycles. The summed E-state index contributed by atoms with van der Waals surface area (Å²) in [5.41, 5.74) is -0.740. The van der Waals surface area contributed by atoms with Crippen LogP contribution in [0, 0.1) is 0 Å². The molecule has 1 fully saturated rings. The second-order valence-corrected chi connectivity index (χ2v) is 7.78. The third-order valence-corrected chi connectivity index (χ3v) is 5.37. The van der Waals surface area contributed by atoms with Crippen LogP contribution in [0.1, 0.15) is 49.5 Å². The number of carbonyl (C=O) groups excluding carboxylic acids is 2. The number of rotatable bonds is 10. The fraction of sp³-hybridized carbons (Fsp3) is 0.440. The van der Waals surface area contributed by atoms with Gasteiger partial charge in [0.25, 0.3) is 5.91 Å². The van der Waals surface area contributed by atoms with Crippen LogP contribution in [0.15, 0.2) is 36.4 Å². The third-order valence-electron chi connectivity index (χ3n) is 5.37. The highest BCUT2D eigenvalue weighted by Crippen LogP contribution is 2.40. The maximum Gasteiger partial charge on any atom is 0.416 e. The van der Waals surface area contributed by atoms with E-state index >= 15 is 0 Å². The van der Waals surface area contributed by atoms with Crippen LogP contribution in [0.25, 0.3) is 0 Å². The first kappa shape index (κ1) is 26.2. The molecular formula is C25H29F3N2O5. The Hall–Kier alpha value is -3.43. The number of halogens is 3. The van der Waals surface area contributed by atoms with Crippen LogP contribution in [0.5, 0.6) is 17.2 Å². The fourth-order valence-electron chi connectivity index (χ4n) is 3.81. The van der Waals surface area contributed by atoms with Gasteiger partial charge in [-0.3, -0.25) is 14.5 Å². The summed E-state index contributed by atoms with van der Waals surface area (Å²) in [6, 6.07) is 7.44. The van der Waals surface area contributed by atoms with Gasteiger partial charge in [-0.25, -0.2) is 0 Å². The number of alkyl halides is 3. The minimum atomic E-state index is -4.59. The van der Waals surface area contributed by atoms with E-state index in [4.69, 9.17) is 14.2 Å². The molecule has 1 aliphatic heterocycles. The van der Waals surface area contributed by atoms with Crippen molar-refractivity contribution in [3.05, 3.63) is 47.5 Å². The second kappa shape index (κ2) is 11.3. The van der Waals surface area contributed by atoms with Crippen LogP contribution in [-0.4, -0.2) is 49.7 Å². The van der Waals surface area contributed by atoms with Crippen molar-refractivity contribution < 1.29 is 37.0 Å². The summed E-state index contributed by atoms with van der Waals surface area (Å²) in [6.45, 7) is 6.51. The predicted molar refractivity (Wildman–Crippen MR) is 124 cm³/mol. The van der Waals surface area contributed by atoms with Crippen molar-refractivity contribution in [3.63, 3.8) is 0 Å². The van der Waals surface area contributed by atoms with Gasteiger partial charge in [0, 0.05) is 24.2 Å². The summed E-state index contributed by atoms with van der Waals surface area (Å²) < 4.78 is 57.2. The van der Waals surface area contributed by atoms with Crippen LogP contribution < -0.4 is 19.1 Å². The number of hydrogen-bond donors (Lipinski definition) is 0. The Morgan fingerprint density at radius 3 is 2.14 bits per heavy atom. The summed E-state index contributed by atoms with van der Waals surface area (Å²) in [5.74, 6) is 0.142. The molecule has 0 atom stereocenters. The number of carbonyl (C=O) groups is 2. The number of likely N-dealkylation sites (tertiary alicyclic amines) is 1. The molecule has 0 aliphatic carbocycles. The average Bonchev–Trinajstić information content (AvgIpc) is 3.23. The Bertz CT molecular complexity index is 1030. The molecule has 0 N–H and O–H groups in total. The summed E-state index contributed by atoms with van der Waals surface area (Å²) >= 11 is 0. The second-order valence-electron chi connectivity index (χ2n) is 7.78. The molecule has 2 amide bonds. The zero-order chi connectivity index (χ0) is 25.6.